The third-order valence-corrected chi connectivity index (χ3v) is 5.97. The van der Waals surface area contributed by atoms with Crippen molar-refractivity contribution in [1.29, 1.82) is 0 Å². The molecule has 0 unspecified atom stereocenters. The van der Waals surface area contributed by atoms with Gasteiger partial charge in [-0.2, -0.15) is 0 Å². The van der Waals surface area contributed by atoms with E-state index in [1.54, 1.807) is 29.2 Å². The van der Waals surface area contributed by atoms with E-state index in [1.807, 2.05) is 11.0 Å². The monoisotopic (exact) mass is 340 g/mol. The van der Waals surface area contributed by atoms with Gasteiger partial charge in [-0.3, -0.25) is 14.4 Å². The van der Waals surface area contributed by atoms with Crippen molar-refractivity contribution in [3.63, 3.8) is 0 Å². The molecule has 5 rings (SSSR count). The summed E-state index contributed by atoms with van der Waals surface area (Å²) in [5, 5.41) is 0. The van der Waals surface area contributed by atoms with Crippen LogP contribution in [0.5, 0.6) is 0 Å². The van der Waals surface area contributed by atoms with Crippen molar-refractivity contribution in [2.75, 3.05) is 19.6 Å². The fraction of sp³-hybridized carbons (Fsp3) is 0.550. The number of benzene rings is 1. The maximum Gasteiger partial charge on any atom is 0.295 e. The summed E-state index contributed by atoms with van der Waals surface area (Å²) in [6, 6.07) is 8.72. The third-order valence-electron chi connectivity index (χ3n) is 5.97. The first-order valence-electron chi connectivity index (χ1n) is 9.32. The van der Waals surface area contributed by atoms with E-state index < -0.39 is 11.7 Å². The molecule has 3 aliphatic heterocycles. The molecule has 5 heteroatoms. The number of rotatable bonds is 3. The molecular formula is C20H24N2O3. The Balaban J connectivity index is 1.49. The van der Waals surface area contributed by atoms with Crippen molar-refractivity contribution in [2.45, 2.75) is 38.1 Å². The van der Waals surface area contributed by atoms with E-state index in [4.69, 9.17) is 0 Å². The van der Waals surface area contributed by atoms with Crippen LogP contribution < -0.4 is 0 Å². The van der Waals surface area contributed by atoms with Gasteiger partial charge in [-0.25, -0.2) is 0 Å². The number of ketones is 1. The molecule has 5 nitrogen and oxygen atoms in total. The van der Waals surface area contributed by atoms with Gasteiger partial charge in [0.05, 0.1) is 0 Å². The molecule has 3 saturated heterocycles. The molecule has 132 valence electrons. The van der Waals surface area contributed by atoms with Crippen LogP contribution >= 0.6 is 0 Å². The summed E-state index contributed by atoms with van der Waals surface area (Å²) in [6.07, 6.45) is 5.06. The molecule has 1 aromatic carbocycles. The quantitative estimate of drug-likeness (QED) is 0.625. The van der Waals surface area contributed by atoms with Gasteiger partial charge in [0.15, 0.2) is 0 Å². The lowest BCUT2D eigenvalue weighted by molar-refractivity contribution is -0.139. The fourth-order valence-electron chi connectivity index (χ4n) is 4.27. The Bertz CT molecular complexity index is 683. The molecule has 0 radical (unpaired) electrons. The Morgan fingerprint density at radius 3 is 2.32 bits per heavy atom. The first-order valence-corrected chi connectivity index (χ1v) is 9.32. The highest BCUT2D eigenvalue weighted by Crippen LogP contribution is 2.33. The predicted octanol–water partition coefficient (Wildman–Crippen LogP) is 2.12. The van der Waals surface area contributed by atoms with Gasteiger partial charge in [0.1, 0.15) is 0 Å². The van der Waals surface area contributed by atoms with E-state index in [0.717, 1.165) is 38.6 Å². The van der Waals surface area contributed by atoms with Crippen LogP contribution in [0.25, 0.3) is 0 Å². The summed E-state index contributed by atoms with van der Waals surface area (Å²) in [4.78, 5) is 41.7. The average molecular weight is 340 g/mol. The summed E-state index contributed by atoms with van der Waals surface area (Å²) in [6.45, 7) is 1.91. The fourth-order valence-corrected chi connectivity index (χ4v) is 4.27. The van der Waals surface area contributed by atoms with E-state index in [-0.39, 0.29) is 23.8 Å². The van der Waals surface area contributed by atoms with Crippen LogP contribution in [0.1, 0.15) is 42.5 Å². The molecule has 1 aromatic rings. The number of nitrogens with zero attached hydrogens (tertiary/aromatic N) is 2. The van der Waals surface area contributed by atoms with Crippen LogP contribution in [0.3, 0.4) is 0 Å². The summed E-state index contributed by atoms with van der Waals surface area (Å²) in [5.41, 5.74) is 0.440. The highest BCUT2D eigenvalue weighted by Gasteiger charge is 2.42. The summed E-state index contributed by atoms with van der Waals surface area (Å²) < 4.78 is 0. The smallest absolute Gasteiger partial charge is 0.295 e. The SMILES string of the molecule is O=C(C(=O)N1C[C@H]2CC[C@@H]1CN(C(=O)C1CCC1)C2)c1ccccc1. The molecule has 2 atom stereocenters. The zero-order chi connectivity index (χ0) is 17.4. The number of carbonyl (C=O) groups is 3. The van der Waals surface area contributed by atoms with Gasteiger partial charge in [-0.15, -0.1) is 0 Å². The number of carbonyl (C=O) groups excluding carboxylic acids is 3. The number of amides is 2. The van der Waals surface area contributed by atoms with Crippen LogP contribution in [0.2, 0.25) is 0 Å². The second kappa shape index (κ2) is 6.62. The molecule has 25 heavy (non-hydrogen) atoms. The Morgan fingerprint density at radius 1 is 0.880 bits per heavy atom. The molecule has 0 N–H and O–H groups in total. The van der Waals surface area contributed by atoms with E-state index in [0.29, 0.717) is 18.7 Å². The van der Waals surface area contributed by atoms with Gasteiger partial charge in [0.2, 0.25) is 11.7 Å². The molecule has 2 bridgehead atoms. The lowest BCUT2D eigenvalue weighted by Gasteiger charge is -2.35. The molecule has 0 aromatic heterocycles. The number of hydrogen-bond acceptors (Lipinski definition) is 3. The van der Waals surface area contributed by atoms with Crippen molar-refractivity contribution in [3.05, 3.63) is 35.9 Å². The largest absolute Gasteiger partial charge is 0.340 e. The maximum atomic E-state index is 12.8. The van der Waals surface area contributed by atoms with Gasteiger partial charge in [0, 0.05) is 37.2 Å². The van der Waals surface area contributed by atoms with E-state index >= 15 is 0 Å². The summed E-state index contributed by atoms with van der Waals surface area (Å²) in [5.74, 6) is -0.126. The predicted molar refractivity (Wildman–Crippen MR) is 92.9 cm³/mol. The van der Waals surface area contributed by atoms with Gasteiger partial charge in [-0.05, 0) is 31.6 Å². The minimum absolute atomic E-state index is 0.0251. The minimum atomic E-state index is -0.440. The lowest BCUT2D eigenvalue weighted by Crippen LogP contribution is -2.50. The molecule has 3 heterocycles. The van der Waals surface area contributed by atoms with E-state index in [9.17, 15) is 14.4 Å². The Hall–Kier alpha value is -2.17. The first kappa shape index (κ1) is 16.3. The van der Waals surface area contributed by atoms with E-state index in [2.05, 4.69) is 0 Å². The number of Topliss-reactive ketones (excluding diaryl/α,β-unsaturated/α-hetero) is 1. The first-order chi connectivity index (χ1) is 12.1. The highest BCUT2D eigenvalue weighted by molar-refractivity contribution is 6.42. The topological polar surface area (TPSA) is 57.7 Å². The zero-order valence-electron chi connectivity index (χ0n) is 14.4. The maximum absolute atomic E-state index is 12.8. The zero-order valence-corrected chi connectivity index (χ0v) is 14.4. The number of piperidine rings is 1. The molecule has 1 saturated carbocycles. The van der Waals surface area contributed by atoms with Gasteiger partial charge in [-0.1, -0.05) is 36.8 Å². The molecule has 1 aliphatic carbocycles. The summed E-state index contributed by atoms with van der Waals surface area (Å²) in [7, 11) is 0. The lowest BCUT2D eigenvalue weighted by atomic mass is 9.84. The van der Waals surface area contributed by atoms with Crippen LogP contribution in [0.15, 0.2) is 30.3 Å². The molecule has 4 fully saturated rings. The van der Waals surface area contributed by atoms with Crippen molar-refractivity contribution in [2.24, 2.45) is 11.8 Å². The van der Waals surface area contributed by atoms with Crippen LogP contribution in [0, 0.1) is 11.8 Å². The van der Waals surface area contributed by atoms with Crippen molar-refractivity contribution in [3.8, 4) is 0 Å². The third kappa shape index (κ3) is 3.08. The van der Waals surface area contributed by atoms with Gasteiger partial charge in [0.25, 0.3) is 5.91 Å². The van der Waals surface area contributed by atoms with Crippen LogP contribution in [0.4, 0.5) is 0 Å². The standard InChI is InChI=1S/C20H24N2O3/c23-18(15-5-2-1-3-6-15)20(25)22-12-14-9-10-17(22)13-21(11-14)19(24)16-7-4-8-16/h1-3,5-6,14,16-17H,4,7-13H2/t14-,17+/m0/s1. The average Bonchev–Trinajstić information content (AvgIpc) is 2.91. The van der Waals surface area contributed by atoms with E-state index in [1.165, 1.54) is 0 Å². The molecule has 2 amide bonds. The number of hydrogen-bond donors (Lipinski definition) is 0. The van der Waals surface area contributed by atoms with Crippen molar-refractivity contribution >= 4 is 17.6 Å². The van der Waals surface area contributed by atoms with Crippen molar-refractivity contribution < 1.29 is 14.4 Å². The van der Waals surface area contributed by atoms with Crippen molar-refractivity contribution in [1.82, 2.24) is 9.80 Å². The molecule has 4 aliphatic rings. The second-order valence-electron chi connectivity index (χ2n) is 7.62. The highest BCUT2D eigenvalue weighted by atomic mass is 16.2. The van der Waals surface area contributed by atoms with Crippen LogP contribution in [-0.4, -0.2) is 53.1 Å². The van der Waals surface area contributed by atoms with Crippen LogP contribution in [-0.2, 0) is 9.59 Å². The number of fused-ring (bicyclic) bond motifs is 4. The second-order valence-corrected chi connectivity index (χ2v) is 7.62. The molecule has 0 spiro atoms. The normalized spacial score (nSPS) is 26.1. The Kier molecular flexibility index (Phi) is 4.32. The van der Waals surface area contributed by atoms with Gasteiger partial charge >= 0.3 is 0 Å². The Labute approximate surface area is 148 Å². The minimum Gasteiger partial charge on any atom is -0.340 e. The Morgan fingerprint density at radius 2 is 1.64 bits per heavy atom. The summed E-state index contributed by atoms with van der Waals surface area (Å²) >= 11 is 0. The van der Waals surface area contributed by atoms with Gasteiger partial charge < -0.3 is 9.80 Å². The molecular weight excluding hydrogens is 316 g/mol.